The second-order valence-corrected chi connectivity index (χ2v) is 9.27. The van der Waals surface area contributed by atoms with Gasteiger partial charge in [0.1, 0.15) is 0 Å². The highest BCUT2D eigenvalue weighted by molar-refractivity contribution is 6.32. The van der Waals surface area contributed by atoms with E-state index in [1.165, 1.54) is 27.2 Å². The van der Waals surface area contributed by atoms with Crippen LogP contribution in [0.15, 0.2) is 66.7 Å². The van der Waals surface area contributed by atoms with Crippen LogP contribution in [-0.2, 0) is 9.59 Å². The molecule has 0 unspecified atom stereocenters. The predicted molar refractivity (Wildman–Crippen MR) is 117 cm³/mol. The van der Waals surface area contributed by atoms with Gasteiger partial charge in [-0.2, -0.15) is 0 Å². The van der Waals surface area contributed by atoms with E-state index in [0.717, 1.165) is 5.56 Å². The Balaban J connectivity index is 1.63. The summed E-state index contributed by atoms with van der Waals surface area (Å²) >= 11 is 6.24. The van der Waals surface area contributed by atoms with Crippen molar-refractivity contribution < 1.29 is 9.59 Å². The molecule has 0 spiro atoms. The minimum Gasteiger partial charge on any atom is -0.274 e. The molecule has 4 heteroatoms. The molecule has 3 aromatic rings. The lowest BCUT2D eigenvalue weighted by molar-refractivity contribution is -0.128. The van der Waals surface area contributed by atoms with Gasteiger partial charge >= 0.3 is 0 Å². The Morgan fingerprint density at radius 2 is 1.43 bits per heavy atom. The minimum absolute atomic E-state index is 0.117. The maximum absolute atomic E-state index is 14.0. The first-order valence-corrected chi connectivity index (χ1v) is 10.6. The van der Waals surface area contributed by atoms with Crippen molar-refractivity contribution in [2.24, 2.45) is 11.3 Å². The number of halogens is 1. The van der Waals surface area contributed by atoms with Crippen LogP contribution in [0.25, 0.3) is 0 Å². The summed E-state index contributed by atoms with van der Waals surface area (Å²) in [5.41, 5.74) is 5.34. The number of carbonyl (C=O) groups is 2. The van der Waals surface area contributed by atoms with Gasteiger partial charge in [0, 0.05) is 16.9 Å². The van der Waals surface area contributed by atoms with Gasteiger partial charge < -0.3 is 0 Å². The molecule has 2 atom stereocenters. The lowest BCUT2D eigenvalue weighted by Gasteiger charge is -2.51. The topological polar surface area (TPSA) is 37.4 Å². The van der Waals surface area contributed by atoms with Crippen LogP contribution in [-0.4, -0.2) is 11.8 Å². The number of imide groups is 1. The average Bonchev–Trinajstić information content (AvgIpc) is 2.96. The zero-order chi connectivity index (χ0) is 20.8. The standard InChI is InChI=1S/C26H20ClNO2/c1-14-11-12-15(27)13-20(14)28-24(29)23-21-16-7-3-5-9-18(16)22(26(23,2)25(28)30)19-10-6-4-8-17(19)21/h3-13,21-23H,1-2H3/t21?,22?,23-,26+/m0/s1. The number of amides is 2. The summed E-state index contributed by atoms with van der Waals surface area (Å²) in [6.07, 6.45) is 0. The van der Waals surface area contributed by atoms with Crippen LogP contribution in [0.5, 0.6) is 0 Å². The quantitative estimate of drug-likeness (QED) is 0.498. The Morgan fingerprint density at radius 3 is 2.03 bits per heavy atom. The Kier molecular flexibility index (Phi) is 3.48. The first-order chi connectivity index (χ1) is 14.4. The van der Waals surface area contributed by atoms with Crippen molar-refractivity contribution in [3.8, 4) is 0 Å². The fourth-order valence-corrected chi connectivity index (χ4v) is 6.33. The van der Waals surface area contributed by atoms with Crippen LogP contribution in [0, 0.1) is 18.3 Å². The molecule has 0 radical (unpaired) electrons. The zero-order valence-electron chi connectivity index (χ0n) is 16.7. The predicted octanol–water partition coefficient (Wildman–Crippen LogP) is 5.44. The van der Waals surface area contributed by atoms with Crippen LogP contribution in [0.3, 0.4) is 0 Å². The Labute approximate surface area is 180 Å². The summed E-state index contributed by atoms with van der Waals surface area (Å²) in [6, 6.07) is 22.0. The molecule has 3 nitrogen and oxygen atoms in total. The number of aryl methyl sites for hydroxylation is 1. The molecule has 2 amide bonds. The minimum atomic E-state index is -0.820. The lowest BCUT2D eigenvalue weighted by Crippen LogP contribution is -2.49. The number of hydrogen-bond donors (Lipinski definition) is 0. The SMILES string of the molecule is Cc1ccc(Cl)cc1N1C(=O)[C@@H]2C3c4ccccc4C(c4ccccc43)[C@@]2(C)C1=O. The van der Waals surface area contributed by atoms with E-state index in [4.69, 9.17) is 11.6 Å². The highest BCUT2D eigenvalue weighted by Gasteiger charge is 2.68. The third-order valence-corrected chi connectivity index (χ3v) is 7.66. The Hall–Kier alpha value is -2.91. The van der Waals surface area contributed by atoms with E-state index >= 15 is 0 Å². The van der Waals surface area contributed by atoms with E-state index < -0.39 is 11.3 Å². The molecule has 2 bridgehead atoms. The lowest BCUT2D eigenvalue weighted by atomic mass is 9.48. The summed E-state index contributed by atoms with van der Waals surface area (Å²) in [5, 5.41) is 0.519. The molecular formula is C26H20ClNO2. The molecule has 1 heterocycles. The van der Waals surface area contributed by atoms with Gasteiger partial charge in [-0.25, -0.2) is 4.90 Å². The zero-order valence-corrected chi connectivity index (χ0v) is 17.5. The molecule has 1 saturated heterocycles. The van der Waals surface area contributed by atoms with Gasteiger partial charge in [0.25, 0.3) is 0 Å². The van der Waals surface area contributed by atoms with Crippen molar-refractivity contribution in [2.45, 2.75) is 25.7 Å². The third kappa shape index (κ3) is 1.96. The van der Waals surface area contributed by atoms with Crippen LogP contribution >= 0.6 is 11.6 Å². The Morgan fingerprint density at radius 1 is 0.867 bits per heavy atom. The highest BCUT2D eigenvalue weighted by Crippen LogP contribution is 2.67. The van der Waals surface area contributed by atoms with Crippen LogP contribution in [0.2, 0.25) is 5.02 Å². The van der Waals surface area contributed by atoms with Crippen LogP contribution < -0.4 is 4.90 Å². The van der Waals surface area contributed by atoms with E-state index in [0.29, 0.717) is 10.7 Å². The fourth-order valence-electron chi connectivity index (χ4n) is 6.17. The fraction of sp³-hybridized carbons (Fsp3) is 0.231. The molecule has 0 aromatic heterocycles. The molecule has 148 valence electrons. The number of anilines is 1. The maximum Gasteiger partial charge on any atom is 0.241 e. The second kappa shape index (κ2) is 5.83. The summed E-state index contributed by atoms with van der Waals surface area (Å²) < 4.78 is 0. The van der Waals surface area contributed by atoms with Crippen molar-refractivity contribution in [1.82, 2.24) is 0 Å². The van der Waals surface area contributed by atoms with Crippen molar-refractivity contribution in [3.05, 3.63) is 99.6 Å². The van der Waals surface area contributed by atoms with Gasteiger partial charge in [0.05, 0.1) is 17.0 Å². The van der Waals surface area contributed by atoms with Gasteiger partial charge in [0.15, 0.2) is 0 Å². The van der Waals surface area contributed by atoms with Crippen molar-refractivity contribution in [3.63, 3.8) is 0 Å². The van der Waals surface area contributed by atoms with E-state index in [1.807, 2.05) is 44.2 Å². The molecule has 0 N–H and O–H groups in total. The molecule has 30 heavy (non-hydrogen) atoms. The number of carbonyl (C=O) groups excluding carboxylic acids is 2. The largest absolute Gasteiger partial charge is 0.274 e. The van der Waals surface area contributed by atoms with Crippen molar-refractivity contribution in [2.75, 3.05) is 4.90 Å². The third-order valence-electron chi connectivity index (χ3n) is 7.43. The highest BCUT2D eigenvalue weighted by atomic mass is 35.5. The summed E-state index contributed by atoms with van der Waals surface area (Å²) in [6.45, 7) is 3.90. The number of nitrogens with zero attached hydrogens (tertiary/aromatic N) is 1. The first-order valence-electron chi connectivity index (χ1n) is 10.3. The van der Waals surface area contributed by atoms with Gasteiger partial charge in [-0.15, -0.1) is 0 Å². The van der Waals surface area contributed by atoms with E-state index in [2.05, 4.69) is 24.3 Å². The number of hydrogen-bond acceptors (Lipinski definition) is 2. The molecule has 4 aliphatic rings. The maximum atomic E-state index is 14.0. The van der Waals surface area contributed by atoms with Gasteiger partial charge in [-0.05, 0) is 53.8 Å². The smallest absolute Gasteiger partial charge is 0.241 e. The monoisotopic (exact) mass is 413 g/mol. The average molecular weight is 414 g/mol. The summed E-state index contributed by atoms with van der Waals surface area (Å²) in [4.78, 5) is 29.3. The first kappa shape index (κ1) is 17.9. The van der Waals surface area contributed by atoms with E-state index in [9.17, 15) is 9.59 Å². The van der Waals surface area contributed by atoms with Gasteiger partial charge in [0.2, 0.25) is 11.8 Å². The summed E-state index contributed by atoms with van der Waals surface area (Å²) in [7, 11) is 0. The van der Waals surface area contributed by atoms with Gasteiger partial charge in [-0.3, -0.25) is 9.59 Å². The van der Waals surface area contributed by atoms with Crippen LogP contribution in [0.1, 0.15) is 46.6 Å². The number of benzene rings is 3. The second-order valence-electron chi connectivity index (χ2n) is 8.84. The molecule has 0 saturated carbocycles. The van der Waals surface area contributed by atoms with Crippen LogP contribution in [0.4, 0.5) is 5.69 Å². The van der Waals surface area contributed by atoms with Gasteiger partial charge in [-0.1, -0.05) is 66.2 Å². The summed E-state index contributed by atoms with van der Waals surface area (Å²) in [5.74, 6) is -0.916. The van der Waals surface area contributed by atoms with E-state index in [1.54, 1.807) is 12.1 Å². The molecule has 7 rings (SSSR count). The Bertz CT molecular complexity index is 1220. The number of rotatable bonds is 1. The van der Waals surface area contributed by atoms with E-state index in [-0.39, 0.29) is 23.7 Å². The molecule has 3 aliphatic carbocycles. The normalized spacial score (nSPS) is 28.4. The molecule has 3 aromatic carbocycles. The molecular weight excluding hydrogens is 394 g/mol. The molecule has 1 aliphatic heterocycles. The van der Waals surface area contributed by atoms with Crippen molar-refractivity contribution >= 4 is 29.1 Å². The molecule has 1 fully saturated rings. The van der Waals surface area contributed by atoms with Crippen molar-refractivity contribution in [1.29, 1.82) is 0 Å².